The van der Waals surface area contributed by atoms with Gasteiger partial charge >= 0.3 is 0 Å². The van der Waals surface area contributed by atoms with E-state index in [4.69, 9.17) is 16.3 Å². The van der Waals surface area contributed by atoms with Gasteiger partial charge in [0.25, 0.3) is 0 Å². The molecular weight excluding hydrogens is 272 g/mol. The van der Waals surface area contributed by atoms with Gasteiger partial charge in [0.2, 0.25) is 0 Å². The number of aliphatic hydroxyl groups is 1. The Hall–Kier alpha value is -1.51. The molecule has 3 rings (SSSR count). The maximum Gasteiger partial charge on any atom is 0.125 e. The van der Waals surface area contributed by atoms with Crippen molar-refractivity contribution < 1.29 is 9.84 Å². The van der Waals surface area contributed by atoms with Gasteiger partial charge in [0.1, 0.15) is 11.4 Å². The van der Waals surface area contributed by atoms with E-state index in [0.717, 1.165) is 24.0 Å². The van der Waals surface area contributed by atoms with Crippen molar-refractivity contribution in [2.75, 3.05) is 7.11 Å². The molecule has 0 saturated heterocycles. The number of rotatable bonds is 2. The molecule has 0 bridgehead atoms. The smallest absolute Gasteiger partial charge is 0.125 e. The van der Waals surface area contributed by atoms with Gasteiger partial charge in [-0.2, -0.15) is 0 Å². The summed E-state index contributed by atoms with van der Waals surface area (Å²) in [6.45, 7) is 0. The summed E-state index contributed by atoms with van der Waals surface area (Å²) in [7, 11) is 1.62. The van der Waals surface area contributed by atoms with Crippen molar-refractivity contribution in [2.45, 2.75) is 24.9 Å². The minimum absolute atomic E-state index is 0.609. The van der Waals surface area contributed by atoms with E-state index in [2.05, 4.69) is 6.07 Å². The van der Waals surface area contributed by atoms with Crippen LogP contribution in [0.3, 0.4) is 0 Å². The lowest BCUT2D eigenvalue weighted by atomic mass is 9.75. The summed E-state index contributed by atoms with van der Waals surface area (Å²) in [5.74, 6) is 0.675. The van der Waals surface area contributed by atoms with Crippen molar-refractivity contribution in [3.05, 3.63) is 64.2 Å². The molecule has 1 atom stereocenters. The lowest BCUT2D eigenvalue weighted by Crippen LogP contribution is -2.32. The molecule has 3 heteroatoms. The summed E-state index contributed by atoms with van der Waals surface area (Å²) in [4.78, 5) is 0. The molecule has 0 fully saturated rings. The van der Waals surface area contributed by atoms with Gasteiger partial charge in [-0.1, -0.05) is 35.9 Å². The maximum atomic E-state index is 11.3. The second kappa shape index (κ2) is 5.12. The van der Waals surface area contributed by atoms with Crippen molar-refractivity contribution in [3.63, 3.8) is 0 Å². The standard InChI is InChI=1S/C17H17ClO2/c1-20-16-9-8-13(18)11-15(16)17(19)10-4-6-12-5-2-3-7-14(12)17/h2-3,5,7-9,11,19H,4,6,10H2,1H3. The molecule has 2 aromatic rings. The van der Waals surface area contributed by atoms with Crippen LogP contribution in [0.25, 0.3) is 0 Å². The lowest BCUT2D eigenvalue weighted by molar-refractivity contribution is 0.0590. The number of hydrogen-bond acceptors (Lipinski definition) is 2. The summed E-state index contributed by atoms with van der Waals surface area (Å²) in [5.41, 5.74) is 1.89. The normalized spacial score (nSPS) is 21.4. The van der Waals surface area contributed by atoms with Crippen molar-refractivity contribution in [2.24, 2.45) is 0 Å². The van der Waals surface area contributed by atoms with Gasteiger partial charge < -0.3 is 9.84 Å². The minimum atomic E-state index is -1.02. The Morgan fingerprint density at radius 3 is 2.75 bits per heavy atom. The lowest BCUT2D eigenvalue weighted by Gasteiger charge is -2.36. The monoisotopic (exact) mass is 288 g/mol. The summed E-state index contributed by atoms with van der Waals surface area (Å²) >= 11 is 6.12. The van der Waals surface area contributed by atoms with Crippen LogP contribution in [0.2, 0.25) is 5.02 Å². The number of halogens is 1. The third-order valence-electron chi connectivity index (χ3n) is 4.05. The molecule has 0 spiro atoms. The fourth-order valence-electron chi connectivity index (χ4n) is 3.09. The quantitative estimate of drug-likeness (QED) is 0.907. The van der Waals surface area contributed by atoms with Crippen molar-refractivity contribution in [1.82, 2.24) is 0 Å². The Kier molecular flexibility index (Phi) is 3.45. The molecule has 0 aromatic heterocycles. The predicted octanol–water partition coefficient (Wildman–Crippen LogP) is 3.92. The van der Waals surface area contributed by atoms with E-state index < -0.39 is 5.60 Å². The van der Waals surface area contributed by atoms with Crippen LogP contribution in [0, 0.1) is 0 Å². The first-order valence-electron chi connectivity index (χ1n) is 6.80. The highest BCUT2D eigenvalue weighted by Crippen LogP contribution is 2.44. The maximum absolute atomic E-state index is 11.3. The molecule has 2 aromatic carbocycles. The van der Waals surface area contributed by atoms with Gasteiger partial charge in [-0.05, 0) is 48.6 Å². The summed E-state index contributed by atoms with van der Waals surface area (Å²) < 4.78 is 5.42. The average Bonchev–Trinajstić information content (AvgIpc) is 2.48. The molecule has 0 saturated carbocycles. The van der Waals surface area contributed by atoms with Crippen LogP contribution >= 0.6 is 11.6 Å². The highest BCUT2D eigenvalue weighted by atomic mass is 35.5. The first-order valence-corrected chi connectivity index (χ1v) is 7.18. The van der Waals surface area contributed by atoms with E-state index >= 15 is 0 Å². The van der Waals surface area contributed by atoms with E-state index in [1.165, 1.54) is 5.56 Å². The largest absolute Gasteiger partial charge is 0.496 e. The Bertz CT molecular complexity index is 639. The van der Waals surface area contributed by atoms with Crippen LogP contribution in [-0.2, 0) is 12.0 Å². The molecule has 20 heavy (non-hydrogen) atoms. The zero-order valence-corrected chi connectivity index (χ0v) is 12.2. The fraction of sp³-hybridized carbons (Fsp3) is 0.294. The van der Waals surface area contributed by atoms with E-state index in [1.807, 2.05) is 30.3 Å². The topological polar surface area (TPSA) is 29.5 Å². The number of fused-ring (bicyclic) bond motifs is 1. The van der Waals surface area contributed by atoms with E-state index in [1.54, 1.807) is 13.2 Å². The summed E-state index contributed by atoms with van der Waals surface area (Å²) in [5, 5.41) is 11.9. The highest BCUT2D eigenvalue weighted by molar-refractivity contribution is 6.30. The van der Waals surface area contributed by atoms with Gasteiger partial charge in [-0.3, -0.25) is 0 Å². The van der Waals surface area contributed by atoms with Gasteiger partial charge in [0, 0.05) is 10.6 Å². The zero-order chi connectivity index (χ0) is 14.2. The molecule has 2 nitrogen and oxygen atoms in total. The molecule has 1 aliphatic rings. The Morgan fingerprint density at radius 2 is 1.95 bits per heavy atom. The third-order valence-corrected chi connectivity index (χ3v) is 4.29. The molecule has 0 radical (unpaired) electrons. The van der Waals surface area contributed by atoms with Crippen LogP contribution in [-0.4, -0.2) is 12.2 Å². The number of aryl methyl sites for hydroxylation is 1. The predicted molar refractivity (Wildman–Crippen MR) is 80.4 cm³/mol. The van der Waals surface area contributed by atoms with Gasteiger partial charge in [-0.25, -0.2) is 0 Å². The number of ether oxygens (including phenoxy) is 1. The van der Waals surface area contributed by atoms with E-state index in [9.17, 15) is 5.11 Å². The minimum Gasteiger partial charge on any atom is -0.496 e. The first kappa shape index (κ1) is 13.5. The number of benzene rings is 2. The molecule has 1 N–H and O–H groups in total. The zero-order valence-electron chi connectivity index (χ0n) is 11.4. The molecule has 0 heterocycles. The summed E-state index contributed by atoms with van der Waals surface area (Å²) in [6.07, 6.45) is 2.63. The Labute approximate surface area is 124 Å². The molecule has 104 valence electrons. The van der Waals surface area contributed by atoms with Gasteiger partial charge in [0.05, 0.1) is 7.11 Å². The van der Waals surface area contributed by atoms with Crippen LogP contribution in [0.15, 0.2) is 42.5 Å². The number of hydrogen-bond donors (Lipinski definition) is 1. The molecule has 1 aliphatic carbocycles. The van der Waals surface area contributed by atoms with Gasteiger partial charge in [0.15, 0.2) is 0 Å². The highest BCUT2D eigenvalue weighted by Gasteiger charge is 2.38. The SMILES string of the molecule is COc1ccc(Cl)cc1C1(O)CCCc2ccccc21. The van der Waals surface area contributed by atoms with Crippen LogP contribution in [0.1, 0.15) is 29.5 Å². The van der Waals surface area contributed by atoms with E-state index in [-0.39, 0.29) is 0 Å². The second-order valence-electron chi connectivity index (χ2n) is 5.22. The van der Waals surface area contributed by atoms with Gasteiger partial charge in [-0.15, -0.1) is 0 Å². The second-order valence-corrected chi connectivity index (χ2v) is 5.65. The molecule has 1 unspecified atom stereocenters. The summed E-state index contributed by atoms with van der Waals surface area (Å²) in [6, 6.07) is 13.5. The Morgan fingerprint density at radius 1 is 1.15 bits per heavy atom. The van der Waals surface area contributed by atoms with E-state index in [0.29, 0.717) is 17.2 Å². The van der Waals surface area contributed by atoms with Crippen LogP contribution in [0.5, 0.6) is 5.75 Å². The van der Waals surface area contributed by atoms with Crippen molar-refractivity contribution in [1.29, 1.82) is 0 Å². The van der Waals surface area contributed by atoms with Crippen LogP contribution in [0.4, 0.5) is 0 Å². The third kappa shape index (κ3) is 2.09. The fourth-order valence-corrected chi connectivity index (χ4v) is 3.27. The average molecular weight is 289 g/mol. The number of methoxy groups -OCH3 is 1. The van der Waals surface area contributed by atoms with Crippen molar-refractivity contribution >= 4 is 11.6 Å². The Balaban J connectivity index is 2.21. The molecule has 0 amide bonds. The van der Waals surface area contributed by atoms with Crippen molar-refractivity contribution in [3.8, 4) is 5.75 Å². The molecule has 0 aliphatic heterocycles. The van der Waals surface area contributed by atoms with Crippen LogP contribution < -0.4 is 4.74 Å². The first-order chi connectivity index (χ1) is 9.65. The molecular formula is C17H17ClO2.